The van der Waals surface area contributed by atoms with E-state index < -0.39 is 13.4 Å². The Morgan fingerprint density at radius 3 is 2.67 bits per heavy atom. The van der Waals surface area contributed by atoms with Gasteiger partial charge in [0.1, 0.15) is 0 Å². The van der Waals surface area contributed by atoms with E-state index in [0.29, 0.717) is 0 Å². The molecule has 0 radical (unpaired) electrons. The van der Waals surface area contributed by atoms with Gasteiger partial charge in [-0.05, 0) is 26.8 Å². The number of rotatable bonds is 4. The molecule has 0 spiro atoms. The summed E-state index contributed by atoms with van der Waals surface area (Å²) in [6.45, 7) is 4.91. The molecule has 7 heteroatoms. The lowest BCUT2D eigenvalue weighted by atomic mass is 10.2. The van der Waals surface area contributed by atoms with Gasteiger partial charge in [0.15, 0.2) is 6.73 Å². The minimum Gasteiger partial charge on any atom is -0.302 e. The van der Waals surface area contributed by atoms with Crippen molar-refractivity contribution in [3.05, 3.63) is 18.5 Å². The molecule has 0 aliphatic rings. The summed E-state index contributed by atoms with van der Waals surface area (Å²) in [5.74, 6) is 0. The van der Waals surface area contributed by atoms with Crippen molar-refractivity contribution in [1.82, 2.24) is 9.78 Å². The average Bonchev–Trinajstić information content (AvgIpc) is 2.47. The van der Waals surface area contributed by atoms with Gasteiger partial charge in [-0.2, -0.15) is 5.10 Å². The van der Waals surface area contributed by atoms with E-state index in [2.05, 4.69) is 5.10 Å². The van der Waals surface area contributed by atoms with E-state index in [9.17, 15) is 9.46 Å². The molecule has 1 N–H and O–H groups in total. The molecule has 1 aromatic rings. The van der Waals surface area contributed by atoms with Crippen LogP contribution < -0.4 is 0 Å². The summed E-state index contributed by atoms with van der Waals surface area (Å²) < 4.78 is 22.4. The Kier molecular flexibility index (Phi) is 3.67. The summed E-state index contributed by atoms with van der Waals surface area (Å²) in [5, 5.41) is 3.82. The van der Waals surface area contributed by atoms with Gasteiger partial charge in [-0.15, -0.1) is 0 Å². The fraction of sp³-hybridized carbons (Fsp3) is 0.625. The standard InChI is InChI=1S/C8H15N2O4P/c1-8(2,3)14-15(11,12)13-7-10-6-4-5-9-10/h4-6H,7H2,1-3H3,(H,11,12). The monoisotopic (exact) mass is 234 g/mol. The Morgan fingerprint density at radius 2 is 2.20 bits per heavy atom. The molecule has 86 valence electrons. The third-order valence-corrected chi connectivity index (χ3v) is 2.52. The molecule has 0 aliphatic carbocycles. The fourth-order valence-electron chi connectivity index (χ4n) is 0.881. The van der Waals surface area contributed by atoms with Gasteiger partial charge in [0.05, 0.1) is 5.60 Å². The molecule has 0 fully saturated rings. The summed E-state index contributed by atoms with van der Waals surface area (Å²) in [6, 6.07) is 1.69. The molecular weight excluding hydrogens is 219 g/mol. The third-order valence-electron chi connectivity index (χ3n) is 1.30. The van der Waals surface area contributed by atoms with Gasteiger partial charge in [0.25, 0.3) is 0 Å². The van der Waals surface area contributed by atoms with Gasteiger partial charge in [0, 0.05) is 12.4 Å². The quantitative estimate of drug-likeness (QED) is 0.803. The van der Waals surface area contributed by atoms with E-state index in [1.54, 1.807) is 39.2 Å². The van der Waals surface area contributed by atoms with Gasteiger partial charge < -0.3 is 4.89 Å². The van der Waals surface area contributed by atoms with Crippen LogP contribution in [0, 0.1) is 0 Å². The van der Waals surface area contributed by atoms with Gasteiger partial charge in [0.2, 0.25) is 0 Å². The van der Waals surface area contributed by atoms with Crippen LogP contribution >= 0.6 is 7.82 Å². The second kappa shape index (κ2) is 4.45. The smallest absolute Gasteiger partial charge is 0.302 e. The molecule has 0 bridgehead atoms. The maximum absolute atomic E-state index is 11.4. The Hall–Kier alpha value is -0.680. The van der Waals surface area contributed by atoms with Gasteiger partial charge in [-0.1, -0.05) is 0 Å². The first-order chi connectivity index (χ1) is 6.79. The second-order valence-electron chi connectivity index (χ2n) is 3.98. The summed E-state index contributed by atoms with van der Waals surface area (Å²) >= 11 is 0. The van der Waals surface area contributed by atoms with Crippen LogP contribution in [0.3, 0.4) is 0 Å². The van der Waals surface area contributed by atoms with Crippen molar-refractivity contribution in [2.75, 3.05) is 0 Å². The van der Waals surface area contributed by atoms with Crippen molar-refractivity contribution in [1.29, 1.82) is 0 Å². The molecule has 0 aliphatic heterocycles. The molecule has 6 nitrogen and oxygen atoms in total. The molecule has 0 aromatic carbocycles. The molecule has 0 amide bonds. The Morgan fingerprint density at radius 1 is 1.53 bits per heavy atom. The Labute approximate surface area is 88.4 Å². The maximum Gasteiger partial charge on any atom is 0.474 e. The van der Waals surface area contributed by atoms with Crippen LogP contribution in [0.1, 0.15) is 20.8 Å². The first-order valence-corrected chi connectivity index (χ1v) is 5.94. The Bertz CT molecular complexity index is 344. The topological polar surface area (TPSA) is 73.6 Å². The van der Waals surface area contributed by atoms with E-state index in [0.717, 1.165) is 0 Å². The van der Waals surface area contributed by atoms with Crippen molar-refractivity contribution in [3.63, 3.8) is 0 Å². The minimum absolute atomic E-state index is 0.114. The van der Waals surface area contributed by atoms with Crippen LogP contribution in [0.15, 0.2) is 18.5 Å². The summed E-state index contributed by atoms with van der Waals surface area (Å²) in [7, 11) is -4.02. The molecule has 1 unspecified atom stereocenters. The number of hydrogen-bond acceptors (Lipinski definition) is 4. The molecule has 1 aromatic heterocycles. The van der Waals surface area contributed by atoms with Crippen LogP contribution in [-0.2, 0) is 20.3 Å². The van der Waals surface area contributed by atoms with E-state index in [4.69, 9.17) is 9.05 Å². The molecular formula is C8H15N2O4P. The van der Waals surface area contributed by atoms with E-state index in [-0.39, 0.29) is 6.73 Å². The lowest BCUT2D eigenvalue weighted by Crippen LogP contribution is -2.18. The van der Waals surface area contributed by atoms with Crippen LogP contribution in [-0.4, -0.2) is 20.3 Å². The number of aromatic nitrogens is 2. The van der Waals surface area contributed by atoms with E-state index in [1.807, 2.05) is 0 Å². The molecule has 15 heavy (non-hydrogen) atoms. The average molecular weight is 234 g/mol. The van der Waals surface area contributed by atoms with Gasteiger partial charge >= 0.3 is 7.82 Å². The largest absolute Gasteiger partial charge is 0.474 e. The van der Waals surface area contributed by atoms with Crippen molar-refractivity contribution >= 4 is 7.82 Å². The summed E-state index contributed by atoms with van der Waals surface area (Å²) in [5.41, 5.74) is -0.728. The number of phosphoric ester groups is 1. The van der Waals surface area contributed by atoms with Crippen LogP contribution in [0.25, 0.3) is 0 Å². The van der Waals surface area contributed by atoms with Gasteiger partial charge in [-0.25, -0.2) is 9.25 Å². The Balaban J connectivity index is 2.47. The van der Waals surface area contributed by atoms with E-state index >= 15 is 0 Å². The second-order valence-corrected chi connectivity index (χ2v) is 5.35. The lowest BCUT2D eigenvalue weighted by molar-refractivity contribution is 0.0463. The number of phosphoric acid groups is 1. The van der Waals surface area contributed by atoms with E-state index in [1.165, 1.54) is 4.68 Å². The molecule has 1 rings (SSSR count). The highest BCUT2D eigenvalue weighted by atomic mass is 31.2. The predicted octanol–water partition coefficient (Wildman–Crippen LogP) is 1.77. The highest BCUT2D eigenvalue weighted by Gasteiger charge is 2.28. The summed E-state index contributed by atoms with van der Waals surface area (Å²) in [4.78, 5) is 9.32. The zero-order chi connectivity index (χ0) is 11.5. The minimum atomic E-state index is -4.02. The lowest BCUT2D eigenvalue weighted by Gasteiger charge is -2.22. The number of nitrogens with zero attached hydrogens (tertiary/aromatic N) is 2. The first kappa shape index (κ1) is 12.4. The normalized spacial score (nSPS) is 16.3. The van der Waals surface area contributed by atoms with Crippen LogP contribution in [0.4, 0.5) is 0 Å². The van der Waals surface area contributed by atoms with Crippen LogP contribution in [0.2, 0.25) is 0 Å². The molecule has 0 saturated heterocycles. The van der Waals surface area contributed by atoms with Crippen molar-refractivity contribution < 1.29 is 18.5 Å². The van der Waals surface area contributed by atoms with Crippen molar-refractivity contribution in [2.24, 2.45) is 0 Å². The highest BCUT2D eigenvalue weighted by Crippen LogP contribution is 2.47. The first-order valence-electron chi connectivity index (χ1n) is 4.44. The highest BCUT2D eigenvalue weighted by molar-refractivity contribution is 7.47. The fourth-order valence-corrected chi connectivity index (χ4v) is 1.89. The predicted molar refractivity (Wildman–Crippen MR) is 54.0 cm³/mol. The number of hydrogen-bond donors (Lipinski definition) is 1. The molecule has 1 heterocycles. The summed E-state index contributed by atoms with van der Waals surface area (Å²) in [6.07, 6.45) is 3.17. The zero-order valence-corrected chi connectivity index (χ0v) is 9.85. The van der Waals surface area contributed by atoms with Gasteiger partial charge in [-0.3, -0.25) is 9.05 Å². The van der Waals surface area contributed by atoms with Crippen LogP contribution in [0.5, 0.6) is 0 Å². The SMILES string of the molecule is CC(C)(C)OP(=O)(O)OCn1cccn1. The van der Waals surface area contributed by atoms with Crippen molar-refractivity contribution in [2.45, 2.75) is 33.1 Å². The molecule has 1 atom stereocenters. The van der Waals surface area contributed by atoms with Crippen molar-refractivity contribution in [3.8, 4) is 0 Å². The zero-order valence-electron chi connectivity index (χ0n) is 8.95. The molecule has 0 saturated carbocycles. The third kappa shape index (κ3) is 5.09. The maximum atomic E-state index is 11.4.